The van der Waals surface area contributed by atoms with Crippen LogP contribution in [0.2, 0.25) is 0 Å². The summed E-state index contributed by atoms with van der Waals surface area (Å²) in [6.45, 7) is 2.36. The van der Waals surface area contributed by atoms with Gasteiger partial charge in [0.05, 0.1) is 18.1 Å². The van der Waals surface area contributed by atoms with Gasteiger partial charge in [0.2, 0.25) is 0 Å². The van der Waals surface area contributed by atoms with Crippen molar-refractivity contribution in [3.05, 3.63) is 71.0 Å². The van der Waals surface area contributed by atoms with Crippen molar-refractivity contribution in [1.29, 1.82) is 0 Å². The standard InChI is InChI=1S/C18H17BrN4OS/c1-13-3-2-4-15(9-13)21-18(25)22-16-10-20-23(11-16)12-24-17-7-5-14(19)6-8-17/h2-11H,12H2,1H3,(H2,21,22,25). The van der Waals surface area contributed by atoms with Crippen LogP contribution in [0.4, 0.5) is 11.4 Å². The van der Waals surface area contributed by atoms with Crippen LogP contribution in [0.5, 0.6) is 5.75 Å². The van der Waals surface area contributed by atoms with Crippen LogP contribution in [0, 0.1) is 6.92 Å². The van der Waals surface area contributed by atoms with Crippen LogP contribution in [0.25, 0.3) is 0 Å². The first-order valence-corrected chi connectivity index (χ1v) is 8.84. The lowest BCUT2D eigenvalue weighted by atomic mass is 10.2. The maximum Gasteiger partial charge on any atom is 0.180 e. The van der Waals surface area contributed by atoms with E-state index in [0.29, 0.717) is 11.8 Å². The second kappa shape index (κ2) is 8.13. The molecule has 5 nitrogen and oxygen atoms in total. The van der Waals surface area contributed by atoms with Gasteiger partial charge < -0.3 is 15.4 Å². The molecule has 0 aliphatic carbocycles. The Morgan fingerprint density at radius 1 is 1.16 bits per heavy atom. The topological polar surface area (TPSA) is 51.1 Å². The van der Waals surface area contributed by atoms with E-state index in [4.69, 9.17) is 17.0 Å². The number of aryl methyl sites for hydroxylation is 1. The predicted molar refractivity (Wildman–Crippen MR) is 108 cm³/mol. The summed E-state index contributed by atoms with van der Waals surface area (Å²) < 4.78 is 8.39. The van der Waals surface area contributed by atoms with Gasteiger partial charge in [-0.2, -0.15) is 5.10 Å². The molecule has 0 atom stereocenters. The number of hydrogen-bond donors (Lipinski definition) is 2. The molecule has 0 saturated carbocycles. The first-order valence-electron chi connectivity index (χ1n) is 7.64. The first kappa shape index (κ1) is 17.4. The van der Waals surface area contributed by atoms with E-state index in [1.54, 1.807) is 10.9 Å². The number of benzene rings is 2. The minimum absolute atomic E-state index is 0.321. The average molecular weight is 417 g/mol. The molecule has 3 aromatic rings. The largest absolute Gasteiger partial charge is 0.471 e. The molecule has 0 aliphatic rings. The molecule has 0 amide bonds. The second-order valence-electron chi connectivity index (χ2n) is 5.44. The van der Waals surface area contributed by atoms with E-state index < -0.39 is 0 Å². The van der Waals surface area contributed by atoms with Crippen LogP contribution in [0.15, 0.2) is 65.4 Å². The van der Waals surface area contributed by atoms with Crippen LogP contribution in [0.3, 0.4) is 0 Å². The van der Waals surface area contributed by atoms with E-state index in [1.807, 2.05) is 61.7 Å². The Balaban J connectivity index is 1.52. The molecule has 0 bridgehead atoms. The molecule has 7 heteroatoms. The number of thiocarbonyl (C=S) groups is 1. The van der Waals surface area contributed by atoms with Crippen molar-refractivity contribution in [1.82, 2.24) is 9.78 Å². The van der Waals surface area contributed by atoms with Crippen molar-refractivity contribution in [2.45, 2.75) is 13.7 Å². The summed E-state index contributed by atoms with van der Waals surface area (Å²) in [6.07, 6.45) is 3.54. The summed E-state index contributed by atoms with van der Waals surface area (Å²) in [6, 6.07) is 15.7. The minimum atomic E-state index is 0.321. The van der Waals surface area contributed by atoms with Crippen LogP contribution >= 0.6 is 28.1 Å². The lowest BCUT2D eigenvalue weighted by molar-refractivity contribution is 0.221. The smallest absolute Gasteiger partial charge is 0.180 e. The molecular weight excluding hydrogens is 400 g/mol. The van der Waals surface area contributed by atoms with Crippen molar-refractivity contribution < 1.29 is 4.74 Å². The van der Waals surface area contributed by atoms with E-state index >= 15 is 0 Å². The summed E-state index contributed by atoms with van der Waals surface area (Å²) in [4.78, 5) is 0. The van der Waals surface area contributed by atoms with Gasteiger partial charge >= 0.3 is 0 Å². The van der Waals surface area contributed by atoms with E-state index in [0.717, 1.165) is 21.6 Å². The Bertz CT molecular complexity index is 864. The number of hydrogen-bond acceptors (Lipinski definition) is 3. The van der Waals surface area contributed by atoms with Gasteiger partial charge in [-0.25, -0.2) is 4.68 Å². The number of nitrogens with zero attached hydrogens (tertiary/aromatic N) is 2. The fourth-order valence-corrected chi connectivity index (χ4v) is 2.69. The molecule has 128 valence electrons. The van der Waals surface area contributed by atoms with Gasteiger partial charge in [0.1, 0.15) is 5.75 Å². The zero-order valence-electron chi connectivity index (χ0n) is 13.6. The Hall–Kier alpha value is -2.38. The number of aromatic nitrogens is 2. The molecule has 0 unspecified atom stereocenters. The maximum absolute atomic E-state index is 5.68. The lowest BCUT2D eigenvalue weighted by Gasteiger charge is -2.09. The number of halogens is 1. The van der Waals surface area contributed by atoms with E-state index in [2.05, 4.69) is 31.7 Å². The highest BCUT2D eigenvalue weighted by molar-refractivity contribution is 9.10. The van der Waals surface area contributed by atoms with Crippen molar-refractivity contribution in [3.8, 4) is 5.75 Å². The summed E-state index contributed by atoms with van der Waals surface area (Å²) in [5.41, 5.74) is 2.92. The fourth-order valence-electron chi connectivity index (χ4n) is 2.19. The molecule has 25 heavy (non-hydrogen) atoms. The Morgan fingerprint density at radius 2 is 1.92 bits per heavy atom. The van der Waals surface area contributed by atoms with Crippen molar-refractivity contribution in [2.24, 2.45) is 0 Å². The molecule has 3 rings (SSSR count). The molecule has 0 radical (unpaired) electrons. The van der Waals surface area contributed by atoms with Gasteiger partial charge in [-0.05, 0) is 61.1 Å². The third kappa shape index (κ3) is 5.30. The zero-order chi connectivity index (χ0) is 17.6. The normalized spacial score (nSPS) is 10.3. The van der Waals surface area contributed by atoms with Crippen LogP contribution in [0.1, 0.15) is 5.56 Å². The maximum atomic E-state index is 5.68. The van der Waals surface area contributed by atoms with E-state index in [-0.39, 0.29) is 0 Å². The second-order valence-corrected chi connectivity index (χ2v) is 6.77. The third-order valence-corrected chi connectivity index (χ3v) is 4.08. The monoisotopic (exact) mass is 416 g/mol. The molecule has 0 spiro atoms. The van der Waals surface area contributed by atoms with Gasteiger partial charge in [0, 0.05) is 10.2 Å². The van der Waals surface area contributed by atoms with E-state index in [1.165, 1.54) is 5.56 Å². The highest BCUT2D eigenvalue weighted by Gasteiger charge is 2.03. The van der Waals surface area contributed by atoms with Crippen molar-refractivity contribution in [2.75, 3.05) is 10.6 Å². The fraction of sp³-hybridized carbons (Fsp3) is 0.111. The molecule has 0 fully saturated rings. The minimum Gasteiger partial charge on any atom is -0.471 e. The Labute approximate surface area is 160 Å². The van der Waals surface area contributed by atoms with Gasteiger partial charge in [-0.3, -0.25) is 0 Å². The molecule has 2 aromatic carbocycles. The molecule has 0 saturated heterocycles. The summed E-state index contributed by atoms with van der Waals surface area (Å²) >= 11 is 8.72. The molecule has 1 aromatic heterocycles. The summed E-state index contributed by atoms with van der Waals surface area (Å²) in [7, 11) is 0. The zero-order valence-corrected chi connectivity index (χ0v) is 16.0. The van der Waals surface area contributed by atoms with Crippen molar-refractivity contribution >= 4 is 44.6 Å². The highest BCUT2D eigenvalue weighted by atomic mass is 79.9. The van der Waals surface area contributed by atoms with Gasteiger partial charge in [0.25, 0.3) is 0 Å². The highest BCUT2D eigenvalue weighted by Crippen LogP contribution is 2.17. The molecule has 2 N–H and O–H groups in total. The van der Waals surface area contributed by atoms with Crippen LogP contribution in [-0.2, 0) is 6.73 Å². The Morgan fingerprint density at radius 3 is 2.68 bits per heavy atom. The number of ether oxygens (including phenoxy) is 1. The van der Waals surface area contributed by atoms with Gasteiger partial charge in [-0.1, -0.05) is 28.1 Å². The first-order chi connectivity index (χ1) is 12.1. The number of nitrogens with one attached hydrogen (secondary N) is 2. The predicted octanol–water partition coefficient (Wildman–Crippen LogP) is 4.80. The summed E-state index contributed by atoms with van der Waals surface area (Å²) in [5.74, 6) is 0.782. The van der Waals surface area contributed by atoms with Crippen molar-refractivity contribution in [3.63, 3.8) is 0 Å². The quantitative estimate of drug-likeness (QED) is 0.585. The molecule has 0 aliphatic heterocycles. The van der Waals surface area contributed by atoms with E-state index in [9.17, 15) is 0 Å². The lowest BCUT2D eigenvalue weighted by Crippen LogP contribution is -2.18. The summed E-state index contributed by atoms with van der Waals surface area (Å²) in [5, 5.41) is 11.0. The van der Waals surface area contributed by atoms with Gasteiger partial charge in [0.15, 0.2) is 11.8 Å². The van der Waals surface area contributed by atoms with Crippen LogP contribution < -0.4 is 15.4 Å². The average Bonchev–Trinajstić information content (AvgIpc) is 3.01. The molecular formula is C18H17BrN4OS. The number of anilines is 2. The third-order valence-electron chi connectivity index (χ3n) is 3.34. The number of rotatable bonds is 5. The molecule has 1 heterocycles. The van der Waals surface area contributed by atoms with Gasteiger partial charge in [-0.15, -0.1) is 0 Å². The SMILES string of the molecule is Cc1cccc(NC(=S)Nc2cnn(COc3ccc(Br)cc3)c2)c1. The van der Waals surface area contributed by atoms with Crippen LogP contribution in [-0.4, -0.2) is 14.9 Å². The Kier molecular flexibility index (Phi) is 5.67.